The first kappa shape index (κ1) is 19.4. The summed E-state index contributed by atoms with van der Waals surface area (Å²) >= 11 is 0. The molecule has 0 saturated heterocycles. The molecule has 0 aromatic heterocycles. The molecule has 7 heteroatoms. The maximum absolute atomic E-state index is 13.3. The van der Waals surface area contributed by atoms with Crippen molar-refractivity contribution in [3.8, 4) is 11.5 Å². The summed E-state index contributed by atoms with van der Waals surface area (Å²) < 4.78 is 23.8. The van der Waals surface area contributed by atoms with Crippen LogP contribution in [0, 0.1) is 5.82 Å². The zero-order valence-electron chi connectivity index (χ0n) is 15.9. The Morgan fingerprint density at radius 3 is 2.25 bits per heavy atom. The molecule has 0 radical (unpaired) electrons. The van der Waals surface area contributed by atoms with E-state index >= 15 is 0 Å². The van der Waals surface area contributed by atoms with Gasteiger partial charge in [0.15, 0.2) is 11.5 Å². The van der Waals surface area contributed by atoms with E-state index < -0.39 is 17.6 Å². The zero-order valence-corrected chi connectivity index (χ0v) is 15.9. The van der Waals surface area contributed by atoms with Gasteiger partial charge in [-0.05, 0) is 36.2 Å². The molecule has 1 aliphatic heterocycles. The van der Waals surface area contributed by atoms with Gasteiger partial charge in [0.2, 0.25) is 0 Å². The Bertz CT molecular complexity index is 938. The van der Waals surface area contributed by atoms with Crippen LogP contribution >= 0.6 is 0 Å². The summed E-state index contributed by atoms with van der Waals surface area (Å²) in [5.74, 6) is -0.204. The van der Waals surface area contributed by atoms with Crippen LogP contribution in [0.1, 0.15) is 18.9 Å². The van der Waals surface area contributed by atoms with Crippen LogP contribution in [0.4, 0.5) is 10.1 Å². The number of nitrogens with one attached hydrogen (secondary N) is 1. The third kappa shape index (κ3) is 3.55. The third-order valence-corrected chi connectivity index (χ3v) is 4.40. The van der Waals surface area contributed by atoms with Gasteiger partial charge in [-0.15, -0.1) is 0 Å². The highest BCUT2D eigenvalue weighted by Crippen LogP contribution is 2.34. The molecule has 2 amide bonds. The first-order valence-electron chi connectivity index (χ1n) is 8.85. The van der Waals surface area contributed by atoms with Gasteiger partial charge in [0.05, 0.1) is 19.8 Å². The minimum atomic E-state index is -0.416. The Morgan fingerprint density at radius 2 is 1.64 bits per heavy atom. The summed E-state index contributed by atoms with van der Waals surface area (Å²) in [6.45, 7) is 2.19. The van der Waals surface area contributed by atoms with Crippen LogP contribution in [0.5, 0.6) is 11.5 Å². The molecular weight excluding hydrogens is 363 g/mol. The van der Waals surface area contributed by atoms with Crippen LogP contribution in [0.25, 0.3) is 5.57 Å². The smallest absolute Gasteiger partial charge is 0.278 e. The lowest BCUT2D eigenvalue weighted by molar-refractivity contribution is -0.136. The molecular formula is C21H21FN2O4. The molecule has 6 nitrogen and oxygen atoms in total. The van der Waals surface area contributed by atoms with Crippen molar-refractivity contribution in [3.05, 3.63) is 59.5 Å². The number of hydrogen-bond acceptors (Lipinski definition) is 5. The summed E-state index contributed by atoms with van der Waals surface area (Å²) in [5, 5.41) is 3.04. The molecule has 1 N–H and O–H groups in total. The Morgan fingerprint density at radius 1 is 0.964 bits per heavy atom. The molecule has 0 unspecified atom stereocenters. The number of rotatable bonds is 7. The quantitative estimate of drug-likeness (QED) is 0.741. The fourth-order valence-corrected chi connectivity index (χ4v) is 3.06. The number of hydrogen-bond donors (Lipinski definition) is 1. The summed E-state index contributed by atoms with van der Waals surface area (Å²) in [5.41, 5.74) is 1.40. The molecule has 28 heavy (non-hydrogen) atoms. The largest absolute Gasteiger partial charge is 0.493 e. The highest BCUT2D eigenvalue weighted by Gasteiger charge is 2.38. The minimum Gasteiger partial charge on any atom is -0.493 e. The Balaban J connectivity index is 2.05. The van der Waals surface area contributed by atoms with Crippen molar-refractivity contribution in [2.75, 3.05) is 26.1 Å². The van der Waals surface area contributed by atoms with Crippen molar-refractivity contribution in [1.82, 2.24) is 4.90 Å². The fraction of sp³-hybridized carbons (Fsp3) is 0.238. The van der Waals surface area contributed by atoms with Crippen molar-refractivity contribution < 1.29 is 23.5 Å². The monoisotopic (exact) mass is 384 g/mol. The van der Waals surface area contributed by atoms with E-state index in [1.54, 1.807) is 18.2 Å². The molecule has 0 saturated carbocycles. The first-order valence-corrected chi connectivity index (χ1v) is 8.85. The van der Waals surface area contributed by atoms with E-state index in [1.807, 2.05) is 6.92 Å². The SMILES string of the molecule is CCCN1C(=O)C(Nc2ccc(OC)c(OC)c2)=C(c2ccc(F)cc2)C1=O. The van der Waals surface area contributed by atoms with Crippen LogP contribution in [0.3, 0.4) is 0 Å². The second-order valence-corrected chi connectivity index (χ2v) is 6.21. The number of carbonyl (C=O) groups is 2. The number of ether oxygens (including phenoxy) is 2. The van der Waals surface area contributed by atoms with Gasteiger partial charge in [0.1, 0.15) is 11.5 Å². The average Bonchev–Trinajstić information content (AvgIpc) is 2.93. The molecule has 2 aromatic rings. The number of anilines is 1. The number of benzene rings is 2. The summed E-state index contributed by atoms with van der Waals surface area (Å²) in [7, 11) is 3.04. The van der Waals surface area contributed by atoms with Gasteiger partial charge < -0.3 is 14.8 Å². The average molecular weight is 384 g/mol. The van der Waals surface area contributed by atoms with Crippen molar-refractivity contribution >= 4 is 23.1 Å². The molecule has 1 aliphatic rings. The molecule has 2 aromatic carbocycles. The third-order valence-electron chi connectivity index (χ3n) is 4.40. The van der Waals surface area contributed by atoms with Gasteiger partial charge in [-0.2, -0.15) is 0 Å². The number of nitrogens with zero attached hydrogens (tertiary/aromatic N) is 1. The zero-order chi connectivity index (χ0) is 20.3. The fourth-order valence-electron chi connectivity index (χ4n) is 3.06. The van der Waals surface area contributed by atoms with Crippen molar-refractivity contribution in [2.45, 2.75) is 13.3 Å². The number of carbonyl (C=O) groups excluding carboxylic acids is 2. The molecule has 0 aliphatic carbocycles. The van der Waals surface area contributed by atoms with Crippen LogP contribution in [0.2, 0.25) is 0 Å². The van der Waals surface area contributed by atoms with Crippen molar-refractivity contribution in [1.29, 1.82) is 0 Å². The maximum atomic E-state index is 13.3. The van der Waals surface area contributed by atoms with E-state index in [0.717, 1.165) is 0 Å². The van der Waals surface area contributed by atoms with Crippen LogP contribution in [-0.4, -0.2) is 37.5 Å². The van der Waals surface area contributed by atoms with E-state index in [2.05, 4.69) is 5.32 Å². The lowest BCUT2D eigenvalue weighted by Crippen LogP contribution is -2.33. The molecule has 146 valence electrons. The van der Waals surface area contributed by atoms with Gasteiger partial charge in [0.25, 0.3) is 11.8 Å². The summed E-state index contributed by atoms with van der Waals surface area (Å²) in [6.07, 6.45) is 0.637. The second kappa shape index (κ2) is 8.12. The Labute approximate surface area is 162 Å². The molecule has 0 atom stereocenters. The van der Waals surface area contributed by atoms with Gasteiger partial charge in [-0.1, -0.05) is 19.1 Å². The Hall–Kier alpha value is -3.35. The second-order valence-electron chi connectivity index (χ2n) is 6.21. The number of imide groups is 1. The van der Waals surface area contributed by atoms with E-state index in [0.29, 0.717) is 35.7 Å². The van der Waals surface area contributed by atoms with E-state index in [9.17, 15) is 14.0 Å². The van der Waals surface area contributed by atoms with Crippen molar-refractivity contribution in [2.24, 2.45) is 0 Å². The number of methoxy groups -OCH3 is 2. The van der Waals surface area contributed by atoms with Crippen molar-refractivity contribution in [3.63, 3.8) is 0 Å². The van der Waals surface area contributed by atoms with Gasteiger partial charge in [-0.3, -0.25) is 14.5 Å². The van der Waals surface area contributed by atoms with Gasteiger partial charge in [-0.25, -0.2) is 4.39 Å². The molecule has 0 bridgehead atoms. The minimum absolute atomic E-state index is 0.150. The molecule has 3 rings (SSSR count). The summed E-state index contributed by atoms with van der Waals surface area (Å²) in [6, 6.07) is 10.6. The lowest BCUT2D eigenvalue weighted by atomic mass is 10.0. The van der Waals surface area contributed by atoms with Gasteiger partial charge >= 0.3 is 0 Å². The van der Waals surface area contributed by atoms with Crippen LogP contribution in [0.15, 0.2) is 48.2 Å². The predicted octanol–water partition coefficient (Wildman–Crippen LogP) is 3.44. The number of amides is 2. The topological polar surface area (TPSA) is 67.9 Å². The highest BCUT2D eigenvalue weighted by molar-refractivity contribution is 6.36. The molecule has 0 fully saturated rings. The first-order chi connectivity index (χ1) is 13.5. The number of halogens is 1. The maximum Gasteiger partial charge on any atom is 0.278 e. The van der Waals surface area contributed by atoms with E-state index in [1.165, 1.54) is 43.4 Å². The predicted molar refractivity (Wildman–Crippen MR) is 103 cm³/mol. The lowest BCUT2D eigenvalue weighted by Gasteiger charge is -2.14. The van der Waals surface area contributed by atoms with Gasteiger partial charge in [0, 0.05) is 18.3 Å². The normalized spacial score (nSPS) is 13.9. The Kier molecular flexibility index (Phi) is 5.63. The standard InChI is InChI=1S/C21H21FN2O4/c1-4-11-24-20(25)18(13-5-7-14(22)8-6-13)19(21(24)26)23-15-9-10-16(27-2)17(12-15)28-3/h5-10,12,23H,4,11H2,1-3H3. The molecule has 0 spiro atoms. The van der Waals surface area contributed by atoms with Crippen LogP contribution in [-0.2, 0) is 9.59 Å². The highest BCUT2D eigenvalue weighted by atomic mass is 19.1. The van der Waals surface area contributed by atoms with E-state index in [-0.39, 0.29) is 11.3 Å². The summed E-state index contributed by atoms with van der Waals surface area (Å²) in [4.78, 5) is 27.0. The molecule has 1 heterocycles. The van der Waals surface area contributed by atoms with Crippen LogP contribution < -0.4 is 14.8 Å². The van der Waals surface area contributed by atoms with E-state index in [4.69, 9.17) is 9.47 Å².